The molecule has 0 saturated heterocycles. The van der Waals surface area contributed by atoms with Crippen LogP contribution in [-0.4, -0.2) is 25.3 Å². The summed E-state index contributed by atoms with van der Waals surface area (Å²) < 4.78 is 27.7. The topological polar surface area (TPSA) is 63.4 Å². The Hall–Kier alpha value is -1.07. The van der Waals surface area contributed by atoms with Crippen LogP contribution in [0.2, 0.25) is 0 Å². The third kappa shape index (κ3) is 3.58. The Morgan fingerprint density at radius 3 is 2.43 bits per heavy atom. The van der Waals surface area contributed by atoms with Crippen molar-refractivity contribution >= 4 is 15.7 Å². The molecule has 1 aliphatic rings. The minimum absolute atomic E-state index is 0.176. The van der Waals surface area contributed by atoms with Crippen molar-refractivity contribution in [2.45, 2.75) is 57.9 Å². The maximum absolute atomic E-state index is 13.0. The summed E-state index contributed by atoms with van der Waals surface area (Å²) >= 11 is 0. The maximum atomic E-state index is 13.0. The van der Waals surface area contributed by atoms with Gasteiger partial charge in [0.1, 0.15) is 0 Å². The minimum Gasteiger partial charge on any atom is -0.398 e. The molecule has 1 aromatic carbocycles. The molecule has 1 aliphatic carbocycles. The lowest BCUT2D eigenvalue weighted by Crippen LogP contribution is -2.35. The monoisotopic (exact) mass is 310 g/mol. The summed E-state index contributed by atoms with van der Waals surface area (Å²) in [4.78, 5) is 0.371. The Morgan fingerprint density at radius 1 is 1.29 bits per heavy atom. The van der Waals surface area contributed by atoms with Crippen LogP contribution in [-0.2, 0) is 10.0 Å². The fourth-order valence-corrected chi connectivity index (χ4v) is 4.54. The van der Waals surface area contributed by atoms with Crippen molar-refractivity contribution in [1.82, 2.24) is 4.31 Å². The molecule has 4 nitrogen and oxygen atoms in total. The van der Waals surface area contributed by atoms with Crippen molar-refractivity contribution in [2.24, 2.45) is 5.92 Å². The maximum Gasteiger partial charge on any atom is 0.243 e. The molecule has 0 unspecified atom stereocenters. The van der Waals surface area contributed by atoms with Gasteiger partial charge in [-0.1, -0.05) is 13.8 Å². The molecule has 0 amide bonds. The van der Waals surface area contributed by atoms with Crippen LogP contribution >= 0.6 is 0 Å². The van der Waals surface area contributed by atoms with Crippen molar-refractivity contribution in [3.8, 4) is 0 Å². The van der Waals surface area contributed by atoms with Gasteiger partial charge in [0, 0.05) is 18.3 Å². The van der Waals surface area contributed by atoms with Gasteiger partial charge in [0.05, 0.1) is 4.90 Å². The lowest BCUT2D eigenvalue weighted by molar-refractivity contribution is 0.373. The molecule has 1 saturated carbocycles. The number of sulfonamides is 1. The highest BCUT2D eigenvalue weighted by atomic mass is 32.2. The van der Waals surface area contributed by atoms with E-state index in [2.05, 4.69) is 13.8 Å². The van der Waals surface area contributed by atoms with Crippen LogP contribution in [0.15, 0.2) is 17.0 Å². The molecule has 1 aromatic rings. The molecular formula is C16H26N2O2S. The van der Waals surface area contributed by atoms with Gasteiger partial charge < -0.3 is 5.73 Å². The van der Waals surface area contributed by atoms with Crippen LogP contribution in [0.5, 0.6) is 0 Å². The first kappa shape index (κ1) is 16.3. The van der Waals surface area contributed by atoms with Crippen molar-refractivity contribution < 1.29 is 8.42 Å². The van der Waals surface area contributed by atoms with Gasteiger partial charge in [0.25, 0.3) is 0 Å². The zero-order valence-electron chi connectivity index (χ0n) is 13.4. The highest BCUT2D eigenvalue weighted by molar-refractivity contribution is 7.89. The van der Waals surface area contributed by atoms with Gasteiger partial charge in [-0.3, -0.25) is 0 Å². The highest BCUT2D eigenvalue weighted by Crippen LogP contribution is 2.34. The minimum atomic E-state index is -3.46. The third-order valence-electron chi connectivity index (χ3n) is 4.01. The first-order chi connectivity index (χ1) is 9.73. The van der Waals surface area contributed by atoms with Crippen LogP contribution in [0.3, 0.4) is 0 Å². The van der Waals surface area contributed by atoms with Crippen molar-refractivity contribution in [1.29, 1.82) is 0 Å². The van der Waals surface area contributed by atoms with Crippen LogP contribution < -0.4 is 5.73 Å². The molecule has 0 aliphatic heterocycles. The van der Waals surface area contributed by atoms with E-state index in [-0.39, 0.29) is 6.04 Å². The smallest absolute Gasteiger partial charge is 0.243 e. The molecule has 21 heavy (non-hydrogen) atoms. The van der Waals surface area contributed by atoms with Gasteiger partial charge in [-0.2, -0.15) is 4.31 Å². The number of nitrogen functional groups attached to an aromatic ring is 1. The predicted molar refractivity (Wildman–Crippen MR) is 86.7 cm³/mol. The molecule has 0 aromatic heterocycles. The quantitative estimate of drug-likeness (QED) is 0.821. The summed E-state index contributed by atoms with van der Waals surface area (Å²) in [5, 5.41) is 0. The second-order valence-electron chi connectivity index (χ2n) is 6.51. The number of hydrogen-bond donors (Lipinski definition) is 1. The molecule has 2 rings (SSSR count). The number of benzene rings is 1. The first-order valence-corrected chi connectivity index (χ1v) is 9.06. The fraction of sp³-hybridized carbons (Fsp3) is 0.625. The zero-order chi connectivity index (χ0) is 15.8. The van der Waals surface area contributed by atoms with E-state index in [9.17, 15) is 8.42 Å². The summed E-state index contributed by atoms with van der Waals surface area (Å²) in [6.07, 6.45) is 2.82. The van der Waals surface area contributed by atoms with Crippen molar-refractivity contribution in [2.75, 3.05) is 12.3 Å². The van der Waals surface area contributed by atoms with Crippen molar-refractivity contribution in [3.05, 3.63) is 23.3 Å². The summed E-state index contributed by atoms with van der Waals surface area (Å²) in [6, 6.07) is 3.74. The molecule has 0 bridgehead atoms. The SMILES string of the molecule is Cc1cc(N)c(C)c(S(=O)(=O)N(CCC(C)C)C2CC2)c1. The Morgan fingerprint density at radius 2 is 1.90 bits per heavy atom. The van der Waals surface area contributed by atoms with E-state index in [0.29, 0.717) is 28.6 Å². The van der Waals surface area contributed by atoms with Crippen LogP contribution in [0.4, 0.5) is 5.69 Å². The molecule has 0 spiro atoms. The van der Waals surface area contributed by atoms with E-state index in [0.717, 1.165) is 24.8 Å². The number of aryl methyl sites for hydroxylation is 1. The molecule has 2 N–H and O–H groups in total. The van der Waals surface area contributed by atoms with Gasteiger partial charge in [-0.05, 0) is 62.3 Å². The van der Waals surface area contributed by atoms with Gasteiger partial charge >= 0.3 is 0 Å². The Balaban J connectivity index is 2.39. The molecule has 118 valence electrons. The van der Waals surface area contributed by atoms with Gasteiger partial charge in [-0.25, -0.2) is 8.42 Å². The number of nitrogens with zero attached hydrogens (tertiary/aromatic N) is 1. The average molecular weight is 310 g/mol. The molecule has 0 radical (unpaired) electrons. The zero-order valence-corrected chi connectivity index (χ0v) is 14.2. The Bertz CT molecular complexity index is 619. The Kier molecular flexibility index (Phi) is 4.63. The van der Waals surface area contributed by atoms with Crippen molar-refractivity contribution in [3.63, 3.8) is 0 Å². The fourth-order valence-electron chi connectivity index (χ4n) is 2.49. The van der Waals surface area contributed by atoms with Crippen LogP contribution in [0.1, 0.15) is 44.2 Å². The highest BCUT2D eigenvalue weighted by Gasteiger charge is 2.38. The van der Waals surface area contributed by atoms with E-state index in [1.54, 1.807) is 17.3 Å². The molecule has 0 heterocycles. The summed E-state index contributed by atoms with van der Waals surface area (Å²) in [5.74, 6) is 0.491. The second-order valence-corrected chi connectivity index (χ2v) is 8.37. The number of rotatable bonds is 6. The Labute approximate surface area is 128 Å². The summed E-state index contributed by atoms with van der Waals surface area (Å²) in [7, 11) is -3.46. The average Bonchev–Trinajstić information content (AvgIpc) is 3.17. The normalized spacial score (nSPS) is 15.9. The lowest BCUT2D eigenvalue weighted by atomic mass is 10.1. The van der Waals surface area contributed by atoms with Gasteiger partial charge in [-0.15, -0.1) is 0 Å². The van der Waals surface area contributed by atoms with Crippen LogP contribution in [0.25, 0.3) is 0 Å². The number of nitrogens with two attached hydrogens (primary N) is 1. The van der Waals surface area contributed by atoms with Crippen LogP contribution in [0, 0.1) is 19.8 Å². The summed E-state index contributed by atoms with van der Waals surface area (Å²) in [5.41, 5.74) is 8.05. The third-order valence-corrected chi connectivity index (χ3v) is 6.09. The number of hydrogen-bond acceptors (Lipinski definition) is 3. The van der Waals surface area contributed by atoms with E-state index in [1.807, 2.05) is 13.0 Å². The summed E-state index contributed by atoms with van der Waals surface area (Å²) in [6.45, 7) is 8.50. The van der Waals surface area contributed by atoms with E-state index in [1.165, 1.54) is 0 Å². The predicted octanol–water partition coefficient (Wildman–Crippen LogP) is 3.08. The standard InChI is InChI=1S/C16H26N2O2S/c1-11(2)7-8-18(14-5-6-14)21(19,20)16-10-12(3)9-15(17)13(16)4/h9-11,14H,5-8,17H2,1-4H3. The largest absolute Gasteiger partial charge is 0.398 e. The van der Waals surface area contributed by atoms with E-state index < -0.39 is 10.0 Å². The molecular weight excluding hydrogens is 284 g/mol. The lowest BCUT2D eigenvalue weighted by Gasteiger charge is -2.24. The van der Waals surface area contributed by atoms with E-state index >= 15 is 0 Å². The molecule has 1 fully saturated rings. The molecule has 0 atom stereocenters. The number of anilines is 1. The second kappa shape index (κ2) is 5.97. The van der Waals surface area contributed by atoms with Gasteiger partial charge in [0.2, 0.25) is 10.0 Å². The molecule has 5 heteroatoms. The van der Waals surface area contributed by atoms with E-state index in [4.69, 9.17) is 5.73 Å². The first-order valence-electron chi connectivity index (χ1n) is 7.62. The van der Waals surface area contributed by atoms with Gasteiger partial charge in [0.15, 0.2) is 0 Å².